The number of benzene rings is 1. The molecule has 0 aromatic heterocycles. The molecule has 0 saturated carbocycles. The molecule has 0 radical (unpaired) electrons. The smallest absolute Gasteiger partial charge is 0.341 e. The van der Waals surface area contributed by atoms with E-state index >= 15 is 0 Å². The molecule has 0 aliphatic carbocycles. The minimum absolute atomic E-state index is 0.269. The number of para-hydroxylation sites is 1. The van der Waals surface area contributed by atoms with Crippen molar-refractivity contribution in [2.45, 2.75) is 20.0 Å². The third kappa shape index (κ3) is 3.00. The van der Waals surface area contributed by atoms with Crippen LogP contribution in [0.3, 0.4) is 0 Å². The number of aryl methyl sites for hydroxylation is 1. The number of nitrogen functional groups attached to an aromatic ring is 1. The van der Waals surface area contributed by atoms with Gasteiger partial charge in [0, 0.05) is 19.8 Å². The average molecular weight is 250 g/mol. The van der Waals surface area contributed by atoms with Gasteiger partial charge in [-0.1, -0.05) is 12.1 Å². The predicted molar refractivity (Wildman–Crippen MR) is 69.2 cm³/mol. The first kappa shape index (κ1) is 14.0. The molecule has 0 aliphatic heterocycles. The SMILES string of the molecule is Cc1cccc(C(=O)O[C@H](C)C(=O)N(C)C)c1N. The van der Waals surface area contributed by atoms with Crippen LogP contribution in [0.2, 0.25) is 0 Å². The van der Waals surface area contributed by atoms with Crippen LogP contribution in [0.4, 0.5) is 5.69 Å². The minimum atomic E-state index is -0.826. The molecule has 0 heterocycles. The van der Waals surface area contributed by atoms with Crippen LogP contribution in [0.5, 0.6) is 0 Å². The maximum atomic E-state index is 11.9. The first-order valence-corrected chi connectivity index (χ1v) is 5.61. The molecule has 0 fully saturated rings. The van der Waals surface area contributed by atoms with Gasteiger partial charge in [-0.15, -0.1) is 0 Å². The van der Waals surface area contributed by atoms with Crippen molar-refractivity contribution >= 4 is 17.6 Å². The molecule has 0 unspecified atom stereocenters. The van der Waals surface area contributed by atoms with Crippen molar-refractivity contribution in [1.29, 1.82) is 0 Å². The lowest BCUT2D eigenvalue weighted by atomic mass is 10.1. The van der Waals surface area contributed by atoms with E-state index in [1.807, 2.05) is 0 Å². The summed E-state index contributed by atoms with van der Waals surface area (Å²) in [5, 5.41) is 0. The predicted octanol–water partition coefficient (Wildman–Crippen LogP) is 1.21. The molecule has 1 amide bonds. The van der Waals surface area contributed by atoms with Gasteiger partial charge >= 0.3 is 5.97 Å². The average Bonchev–Trinajstić information content (AvgIpc) is 2.31. The van der Waals surface area contributed by atoms with Crippen LogP contribution in [0.25, 0.3) is 0 Å². The largest absolute Gasteiger partial charge is 0.449 e. The molecule has 0 spiro atoms. The van der Waals surface area contributed by atoms with E-state index in [0.29, 0.717) is 5.69 Å². The summed E-state index contributed by atoms with van der Waals surface area (Å²) in [6.45, 7) is 3.34. The van der Waals surface area contributed by atoms with Crippen LogP contribution in [0.1, 0.15) is 22.8 Å². The first-order chi connectivity index (χ1) is 8.34. The van der Waals surface area contributed by atoms with E-state index in [1.54, 1.807) is 39.2 Å². The van der Waals surface area contributed by atoms with Crippen molar-refractivity contribution in [2.24, 2.45) is 0 Å². The second kappa shape index (κ2) is 5.53. The van der Waals surface area contributed by atoms with Crippen LogP contribution < -0.4 is 5.73 Å². The summed E-state index contributed by atoms with van der Waals surface area (Å²) in [6, 6.07) is 5.11. The van der Waals surface area contributed by atoms with Gasteiger partial charge in [0.2, 0.25) is 0 Å². The normalized spacial score (nSPS) is 11.8. The summed E-state index contributed by atoms with van der Waals surface area (Å²) in [5.74, 6) is -0.853. The van der Waals surface area contributed by atoms with E-state index in [9.17, 15) is 9.59 Å². The van der Waals surface area contributed by atoms with Crippen molar-refractivity contribution in [1.82, 2.24) is 4.90 Å². The molecule has 18 heavy (non-hydrogen) atoms. The molecule has 5 nitrogen and oxygen atoms in total. The molecule has 1 atom stereocenters. The topological polar surface area (TPSA) is 72.6 Å². The summed E-state index contributed by atoms with van der Waals surface area (Å²) in [7, 11) is 3.21. The monoisotopic (exact) mass is 250 g/mol. The lowest BCUT2D eigenvalue weighted by Crippen LogP contribution is -2.35. The van der Waals surface area contributed by atoms with Gasteiger partial charge in [-0.2, -0.15) is 0 Å². The first-order valence-electron chi connectivity index (χ1n) is 5.61. The zero-order chi connectivity index (χ0) is 13.9. The summed E-state index contributed by atoms with van der Waals surface area (Å²) in [6.07, 6.45) is -0.826. The number of carbonyl (C=O) groups is 2. The maximum absolute atomic E-state index is 11.9. The second-order valence-electron chi connectivity index (χ2n) is 4.32. The highest BCUT2D eigenvalue weighted by Gasteiger charge is 2.21. The molecule has 0 bridgehead atoms. The van der Waals surface area contributed by atoms with Crippen molar-refractivity contribution in [3.63, 3.8) is 0 Å². The fourth-order valence-corrected chi connectivity index (χ4v) is 1.50. The van der Waals surface area contributed by atoms with Gasteiger partial charge in [0.15, 0.2) is 6.10 Å². The lowest BCUT2D eigenvalue weighted by Gasteiger charge is -2.17. The fourth-order valence-electron chi connectivity index (χ4n) is 1.50. The Balaban J connectivity index is 2.83. The number of hydrogen-bond donors (Lipinski definition) is 1. The number of amides is 1. The molecular weight excluding hydrogens is 232 g/mol. The summed E-state index contributed by atoms with van der Waals surface area (Å²) in [5.41, 5.74) is 7.27. The molecule has 1 aromatic carbocycles. The second-order valence-corrected chi connectivity index (χ2v) is 4.32. The van der Waals surface area contributed by atoms with E-state index in [4.69, 9.17) is 10.5 Å². The Morgan fingerprint density at radius 1 is 1.33 bits per heavy atom. The molecule has 98 valence electrons. The standard InChI is InChI=1S/C13H18N2O3/c1-8-6-5-7-10(11(8)14)13(17)18-9(2)12(16)15(3)4/h5-7,9H,14H2,1-4H3/t9-/m1/s1. The zero-order valence-corrected chi connectivity index (χ0v) is 11.1. The Hall–Kier alpha value is -2.04. The molecular formula is C13H18N2O3. The van der Waals surface area contributed by atoms with Gasteiger partial charge in [-0.05, 0) is 25.5 Å². The molecule has 1 aromatic rings. The third-order valence-electron chi connectivity index (χ3n) is 2.62. The number of nitrogens with zero attached hydrogens (tertiary/aromatic N) is 1. The Morgan fingerprint density at radius 3 is 2.50 bits per heavy atom. The number of anilines is 1. The minimum Gasteiger partial charge on any atom is -0.449 e. The summed E-state index contributed by atoms with van der Waals surface area (Å²) >= 11 is 0. The van der Waals surface area contributed by atoms with Gasteiger partial charge in [-0.3, -0.25) is 4.79 Å². The highest BCUT2D eigenvalue weighted by atomic mass is 16.5. The molecule has 2 N–H and O–H groups in total. The van der Waals surface area contributed by atoms with Crippen LogP contribution in [-0.4, -0.2) is 37.0 Å². The van der Waals surface area contributed by atoms with Crippen LogP contribution in [0, 0.1) is 6.92 Å². The summed E-state index contributed by atoms with van der Waals surface area (Å²) < 4.78 is 5.09. The zero-order valence-electron chi connectivity index (χ0n) is 11.1. The van der Waals surface area contributed by atoms with E-state index < -0.39 is 12.1 Å². The highest BCUT2D eigenvalue weighted by Crippen LogP contribution is 2.18. The number of hydrogen-bond acceptors (Lipinski definition) is 4. The fraction of sp³-hybridized carbons (Fsp3) is 0.385. The van der Waals surface area contributed by atoms with E-state index in [-0.39, 0.29) is 11.5 Å². The van der Waals surface area contributed by atoms with E-state index in [2.05, 4.69) is 0 Å². The lowest BCUT2D eigenvalue weighted by molar-refractivity contribution is -0.137. The van der Waals surface area contributed by atoms with Crippen LogP contribution in [0.15, 0.2) is 18.2 Å². The number of nitrogens with two attached hydrogens (primary N) is 1. The maximum Gasteiger partial charge on any atom is 0.341 e. The Morgan fingerprint density at radius 2 is 1.94 bits per heavy atom. The van der Waals surface area contributed by atoms with Gasteiger partial charge in [0.05, 0.1) is 5.56 Å². The van der Waals surface area contributed by atoms with Crippen molar-refractivity contribution < 1.29 is 14.3 Å². The van der Waals surface area contributed by atoms with Gasteiger partial charge in [0.25, 0.3) is 5.91 Å². The van der Waals surface area contributed by atoms with E-state index in [0.717, 1.165) is 5.56 Å². The van der Waals surface area contributed by atoms with Crippen molar-refractivity contribution in [3.8, 4) is 0 Å². The van der Waals surface area contributed by atoms with Gasteiger partial charge < -0.3 is 15.4 Å². The number of likely N-dealkylation sites (N-methyl/N-ethyl adjacent to an activating group) is 1. The highest BCUT2D eigenvalue weighted by molar-refractivity contribution is 5.97. The Kier molecular flexibility index (Phi) is 4.31. The quantitative estimate of drug-likeness (QED) is 0.646. The number of rotatable bonds is 3. The van der Waals surface area contributed by atoms with E-state index in [1.165, 1.54) is 11.8 Å². The third-order valence-corrected chi connectivity index (χ3v) is 2.62. The number of ether oxygens (including phenoxy) is 1. The number of carbonyl (C=O) groups excluding carboxylic acids is 2. The summed E-state index contributed by atoms with van der Waals surface area (Å²) in [4.78, 5) is 24.8. The van der Waals surface area contributed by atoms with Crippen LogP contribution in [-0.2, 0) is 9.53 Å². The number of esters is 1. The Labute approximate surface area is 107 Å². The molecule has 0 aliphatic rings. The molecule has 0 saturated heterocycles. The Bertz CT molecular complexity index is 469. The van der Waals surface area contributed by atoms with Crippen molar-refractivity contribution in [3.05, 3.63) is 29.3 Å². The van der Waals surface area contributed by atoms with Gasteiger partial charge in [-0.25, -0.2) is 4.79 Å². The van der Waals surface area contributed by atoms with Crippen molar-refractivity contribution in [2.75, 3.05) is 19.8 Å². The van der Waals surface area contributed by atoms with Gasteiger partial charge in [0.1, 0.15) is 0 Å². The van der Waals surface area contributed by atoms with Crippen LogP contribution >= 0.6 is 0 Å². The molecule has 1 rings (SSSR count). The molecule has 5 heteroatoms.